The van der Waals surface area contributed by atoms with E-state index in [0.717, 1.165) is 50.4 Å². The van der Waals surface area contributed by atoms with Crippen LogP contribution in [0.4, 0.5) is 11.8 Å². The number of nitrogens with one attached hydrogen (secondary N) is 2. The second kappa shape index (κ2) is 13.4. The molecular formula is C31H37ClN8O4. The van der Waals surface area contributed by atoms with E-state index in [1.807, 2.05) is 24.3 Å². The summed E-state index contributed by atoms with van der Waals surface area (Å²) < 4.78 is 5.43. The van der Waals surface area contributed by atoms with E-state index in [2.05, 4.69) is 37.4 Å². The minimum absolute atomic E-state index is 0.148. The molecule has 3 aromatic rings. The molecule has 3 aliphatic rings. The fraction of sp³-hybridized carbons (Fsp3) is 0.452. The van der Waals surface area contributed by atoms with Crippen molar-refractivity contribution in [2.75, 3.05) is 69.8 Å². The Kier molecular flexibility index (Phi) is 9.22. The molecule has 12 nitrogen and oxygen atoms in total. The molecule has 1 atom stereocenters. The van der Waals surface area contributed by atoms with Crippen LogP contribution >= 0.6 is 11.6 Å². The molecule has 0 spiro atoms. The summed E-state index contributed by atoms with van der Waals surface area (Å²) in [6.07, 6.45) is 3.30. The Bertz CT molecular complexity index is 1510. The summed E-state index contributed by atoms with van der Waals surface area (Å²) in [5, 5.41) is 16.7. The number of pyridine rings is 1. The maximum Gasteiger partial charge on any atom is 0.254 e. The van der Waals surface area contributed by atoms with E-state index in [1.165, 1.54) is 4.90 Å². The largest absolute Gasteiger partial charge is 0.394 e. The molecule has 0 radical (unpaired) electrons. The van der Waals surface area contributed by atoms with E-state index in [0.29, 0.717) is 53.2 Å². The number of likely N-dealkylation sites (N-methyl/N-ethyl adjacent to an activating group) is 1. The van der Waals surface area contributed by atoms with E-state index < -0.39 is 6.04 Å². The molecule has 1 aromatic carbocycles. The topological polar surface area (TPSA) is 136 Å². The zero-order valence-electron chi connectivity index (χ0n) is 24.7. The quantitative estimate of drug-likeness (QED) is 0.327. The molecular weight excluding hydrogens is 584 g/mol. The van der Waals surface area contributed by atoms with Crippen molar-refractivity contribution in [3.63, 3.8) is 0 Å². The van der Waals surface area contributed by atoms with Gasteiger partial charge in [0, 0.05) is 63.1 Å². The first-order valence-electron chi connectivity index (χ1n) is 15.0. The molecule has 2 amide bonds. The number of ether oxygens (including phenoxy) is 1. The molecule has 0 aliphatic carbocycles. The monoisotopic (exact) mass is 620 g/mol. The van der Waals surface area contributed by atoms with Crippen molar-refractivity contribution >= 4 is 35.2 Å². The van der Waals surface area contributed by atoms with Crippen molar-refractivity contribution in [2.45, 2.75) is 31.5 Å². The molecule has 3 aliphatic heterocycles. The molecule has 13 heteroatoms. The van der Waals surface area contributed by atoms with Gasteiger partial charge in [0.05, 0.1) is 35.3 Å². The van der Waals surface area contributed by atoms with E-state index >= 15 is 0 Å². The second-order valence-corrected chi connectivity index (χ2v) is 11.9. The Morgan fingerprint density at radius 1 is 1.14 bits per heavy atom. The minimum Gasteiger partial charge on any atom is -0.394 e. The van der Waals surface area contributed by atoms with Crippen LogP contribution < -0.4 is 15.5 Å². The van der Waals surface area contributed by atoms with Gasteiger partial charge in [-0.25, -0.2) is 15.0 Å². The summed E-state index contributed by atoms with van der Waals surface area (Å²) in [5.74, 6) is 0.668. The Labute approximate surface area is 261 Å². The van der Waals surface area contributed by atoms with Gasteiger partial charge in [0.1, 0.15) is 12.4 Å². The minimum atomic E-state index is -0.689. The Morgan fingerprint density at radius 3 is 2.70 bits per heavy atom. The Balaban J connectivity index is 1.10. The molecule has 2 aromatic heterocycles. The third kappa shape index (κ3) is 6.78. The van der Waals surface area contributed by atoms with E-state index in [4.69, 9.17) is 21.3 Å². The van der Waals surface area contributed by atoms with Gasteiger partial charge < -0.3 is 35.2 Å². The zero-order chi connectivity index (χ0) is 30.6. The normalized spacial score (nSPS) is 18.3. The number of hydrogen-bond donors (Lipinski definition) is 3. The number of anilines is 2. The number of carbonyl (C=O) groups is 2. The first kappa shape index (κ1) is 30.2. The number of amides is 2. The van der Waals surface area contributed by atoms with Crippen molar-refractivity contribution in [1.82, 2.24) is 30.1 Å². The van der Waals surface area contributed by atoms with Gasteiger partial charge in [-0.15, -0.1) is 0 Å². The predicted molar refractivity (Wildman–Crippen MR) is 167 cm³/mol. The summed E-state index contributed by atoms with van der Waals surface area (Å²) in [5.41, 5.74) is 3.12. The lowest BCUT2D eigenvalue weighted by Gasteiger charge is -2.33. The maximum absolute atomic E-state index is 13.4. The van der Waals surface area contributed by atoms with Crippen LogP contribution in [0.25, 0.3) is 11.3 Å². The summed E-state index contributed by atoms with van der Waals surface area (Å²) in [6.45, 7) is 4.85. The van der Waals surface area contributed by atoms with Gasteiger partial charge in [-0.3, -0.25) is 9.59 Å². The lowest BCUT2D eigenvalue weighted by atomic mass is 10.0. The molecule has 2 fully saturated rings. The Morgan fingerprint density at radius 2 is 1.93 bits per heavy atom. The Hall–Kier alpha value is -3.84. The van der Waals surface area contributed by atoms with Crippen LogP contribution in [-0.2, 0) is 16.1 Å². The lowest BCUT2D eigenvalue weighted by molar-refractivity contribution is -0.122. The highest BCUT2D eigenvalue weighted by Gasteiger charge is 2.30. The number of piperazine rings is 1. The summed E-state index contributed by atoms with van der Waals surface area (Å²) in [6, 6.07) is 10.7. The van der Waals surface area contributed by atoms with Crippen LogP contribution in [0.15, 0.2) is 42.6 Å². The number of hydrogen-bond acceptors (Lipinski definition) is 10. The third-order valence-electron chi connectivity index (χ3n) is 8.35. The van der Waals surface area contributed by atoms with Crippen molar-refractivity contribution in [3.05, 3.63) is 64.4 Å². The smallest absolute Gasteiger partial charge is 0.254 e. The van der Waals surface area contributed by atoms with E-state index in [1.54, 1.807) is 18.3 Å². The van der Waals surface area contributed by atoms with Gasteiger partial charge in [-0.1, -0.05) is 29.8 Å². The van der Waals surface area contributed by atoms with E-state index in [-0.39, 0.29) is 31.0 Å². The van der Waals surface area contributed by atoms with Crippen LogP contribution in [0, 0.1) is 0 Å². The van der Waals surface area contributed by atoms with Crippen LogP contribution in [0.3, 0.4) is 0 Å². The summed E-state index contributed by atoms with van der Waals surface area (Å²) in [7, 11) is 2.09. The van der Waals surface area contributed by atoms with Gasteiger partial charge >= 0.3 is 0 Å². The highest BCUT2D eigenvalue weighted by atomic mass is 35.5. The molecule has 0 bridgehead atoms. The molecule has 6 rings (SSSR count). The van der Waals surface area contributed by atoms with Gasteiger partial charge in [0.25, 0.3) is 5.91 Å². The van der Waals surface area contributed by atoms with Crippen molar-refractivity contribution in [1.29, 1.82) is 0 Å². The number of benzene rings is 1. The van der Waals surface area contributed by atoms with Gasteiger partial charge in [-0.05, 0) is 43.7 Å². The van der Waals surface area contributed by atoms with E-state index in [9.17, 15) is 14.7 Å². The SMILES string of the molecule is CN1CCN(c2cccc(C(CO)NC(=O)CN3Cc4ccc(-c5nc(NC6CCOCC6)ncc5Cl)cc4C3=O)n2)CC1. The average Bonchev–Trinajstić information content (AvgIpc) is 3.35. The number of fused-ring (bicyclic) bond motifs is 1. The molecule has 3 N–H and O–H groups in total. The third-order valence-corrected chi connectivity index (χ3v) is 8.63. The second-order valence-electron chi connectivity index (χ2n) is 11.5. The van der Waals surface area contributed by atoms with Crippen molar-refractivity contribution < 1.29 is 19.4 Å². The standard InChI is InChI=1S/C31H37ClN8O4/c1-38-9-11-39(12-10-38)27-4-2-3-25(35-27)26(19-41)36-28(42)18-40-17-21-6-5-20(15-23(21)30(40)43)29-24(32)16-33-31(37-29)34-22-7-13-44-14-8-22/h2-6,15-16,22,26,41H,7-14,17-19H2,1H3,(H,36,42)(H,33,34,37). The average molecular weight is 621 g/mol. The number of aliphatic hydroxyl groups is 1. The molecule has 5 heterocycles. The van der Waals surface area contributed by atoms with Gasteiger partial charge in [-0.2, -0.15) is 0 Å². The fourth-order valence-corrected chi connectivity index (χ4v) is 5.97. The van der Waals surface area contributed by atoms with Crippen LogP contribution in [0.5, 0.6) is 0 Å². The first-order chi connectivity index (χ1) is 21.4. The summed E-state index contributed by atoms with van der Waals surface area (Å²) in [4.78, 5) is 46.1. The molecule has 0 saturated carbocycles. The molecule has 44 heavy (non-hydrogen) atoms. The van der Waals surface area contributed by atoms with Crippen molar-refractivity contribution in [2.24, 2.45) is 0 Å². The van der Waals surface area contributed by atoms with Gasteiger partial charge in [0.15, 0.2) is 0 Å². The van der Waals surface area contributed by atoms with Crippen LogP contribution in [-0.4, -0.2) is 107 Å². The maximum atomic E-state index is 13.4. The molecule has 2 saturated heterocycles. The fourth-order valence-electron chi connectivity index (χ4n) is 5.77. The number of carbonyl (C=O) groups excluding carboxylic acids is 2. The number of aliphatic hydroxyl groups excluding tert-OH is 1. The lowest BCUT2D eigenvalue weighted by Crippen LogP contribution is -2.45. The first-order valence-corrected chi connectivity index (χ1v) is 15.4. The van der Waals surface area contributed by atoms with Crippen LogP contribution in [0.1, 0.15) is 40.5 Å². The van der Waals surface area contributed by atoms with Crippen LogP contribution in [0.2, 0.25) is 5.02 Å². The number of aromatic nitrogens is 3. The number of nitrogens with zero attached hydrogens (tertiary/aromatic N) is 6. The number of halogens is 1. The van der Waals surface area contributed by atoms with Crippen molar-refractivity contribution in [3.8, 4) is 11.3 Å². The molecule has 232 valence electrons. The highest BCUT2D eigenvalue weighted by molar-refractivity contribution is 6.33. The highest BCUT2D eigenvalue weighted by Crippen LogP contribution is 2.32. The van der Waals surface area contributed by atoms with Gasteiger partial charge in [0.2, 0.25) is 11.9 Å². The zero-order valence-corrected chi connectivity index (χ0v) is 25.5. The number of rotatable bonds is 9. The molecule has 1 unspecified atom stereocenters. The summed E-state index contributed by atoms with van der Waals surface area (Å²) >= 11 is 6.48. The predicted octanol–water partition coefficient (Wildman–Crippen LogP) is 2.34.